The lowest BCUT2D eigenvalue weighted by Gasteiger charge is -2.35. The second-order valence-electron chi connectivity index (χ2n) is 27.3. The molecule has 2 fully saturated rings. The molecule has 21 heteroatoms. The molecule has 0 N–H and O–H groups in total. The molecular formula is C89H103O20P. The van der Waals surface area contributed by atoms with Gasteiger partial charge in [-0.1, -0.05) is 263 Å². The maximum absolute atomic E-state index is 16.4. The van der Waals surface area contributed by atoms with Crippen LogP contribution in [0.4, 0.5) is 0 Å². The fourth-order valence-electron chi connectivity index (χ4n) is 13.2. The van der Waals surface area contributed by atoms with E-state index >= 15 is 4.57 Å². The Kier molecular flexibility index (Phi) is 33.4. The summed E-state index contributed by atoms with van der Waals surface area (Å²) >= 11 is 0. The zero-order chi connectivity index (χ0) is 76.5. The lowest BCUT2D eigenvalue weighted by Crippen LogP contribution is -2.48. The SMILES string of the molecule is CC[C@H]1O[C@@H](OCC(OCc2ccccc2)C(OCc2ccccc2)C(COP(=O)(OCc2ccccc2)OC2[C@@H](CC)O[C@@H](OCC(OCc3ccccc3)C(OCc3ccccc3)C(COCc3ccc4ccccc4c3)OCc3ccccc3)[C@H]2OC)OCc2ccccc2)[C@@H](OC)C1OC(=O)CCC(C)=O. The molecule has 11 rings (SSSR count). The molecule has 584 valence electrons. The molecule has 9 unspecified atom stereocenters. The number of fused-ring (bicyclic) bond motifs is 1. The van der Waals surface area contributed by atoms with E-state index in [0.717, 1.165) is 49.7 Å². The number of methoxy groups -OCH3 is 2. The molecule has 0 bridgehead atoms. The van der Waals surface area contributed by atoms with Gasteiger partial charge in [0.2, 0.25) is 0 Å². The summed E-state index contributed by atoms with van der Waals surface area (Å²) < 4.78 is 131. The summed E-state index contributed by atoms with van der Waals surface area (Å²) in [7, 11) is -1.82. The van der Waals surface area contributed by atoms with Crippen molar-refractivity contribution in [3.63, 3.8) is 0 Å². The van der Waals surface area contributed by atoms with Gasteiger partial charge in [-0.25, -0.2) is 4.57 Å². The van der Waals surface area contributed by atoms with Crippen molar-refractivity contribution in [3.8, 4) is 0 Å². The van der Waals surface area contributed by atoms with Gasteiger partial charge in [0, 0.05) is 20.6 Å². The molecule has 2 heterocycles. The minimum atomic E-state index is -4.83. The number of ketones is 1. The third kappa shape index (κ3) is 25.5. The molecule has 0 saturated carbocycles. The number of carbonyl (C=O) groups is 2. The lowest BCUT2D eigenvalue weighted by atomic mass is 10.1. The molecule has 0 amide bonds. The van der Waals surface area contributed by atoms with Gasteiger partial charge in [-0.2, -0.15) is 0 Å². The first-order chi connectivity index (χ1) is 53.9. The van der Waals surface area contributed by atoms with Crippen molar-refractivity contribution in [2.75, 3.05) is 40.6 Å². The zero-order valence-corrected chi connectivity index (χ0v) is 64.2. The summed E-state index contributed by atoms with van der Waals surface area (Å²) in [6, 6.07) is 82.4. The first kappa shape index (κ1) is 82.9. The van der Waals surface area contributed by atoms with Gasteiger partial charge >= 0.3 is 13.8 Å². The Bertz CT molecular complexity index is 4140. The molecular weight excluding hydrogens is 1420 g/mol. The Hall–Kier alpha value is -8.03. The average Bonchev–Trinajstić information content (AvgIpc) is 1.65. The third-order valence-corrected chi connectivity index (χ3v) is 20.6. The molecule has 9 aromatic carbocycles. The number of Topliss-reactive ketones (excluding diaryl/α,β-unsaturated/α-hetero) is 1. The van der Waals surface area contributed by atoms with Crippen LogP contribution in [-0.4, -0.2) is 138 Å². The maximum Gasteiger partial charge on any atom is 0.475 e. The number of hydrogen-bond acceptors (Lipinski definition) is 20. The van der Waals surface area contributed by atoms with Crippen LogP contribution >= 0.6 is 7.82 Å². The van der Waals surface area contributed by atoms with Gasteiger partial charge in [-0.3, -0.25) is 18.4 Å². The van der Waals surface area contributed by atoms with E-state index in [1.807, 2.05) is 238 Å². The number of phosphoric acid groups is 1. The molecule has 2 aliphatic rings. The van der Waals surface area contributed by atoms with Gasteiger partial charge in [0.25, 0.3) is 0 Å². The van der Waals surface area contributed by atoms with Gasteiger partial charge < -0.3 is 71.1 Å². The fraction of sp³-hybridized carbons (Fsp3) is 0.393. The molecule has 110 heavy (non-hydrogen) atoms. The second-order valence-corrected chi connectivity index (χ2v) is 28.9. The predicted octanol–water partition coefficient (Wildman–Crippen LogP) is 16.2. The minimum absolute atomic E-state index is 0.0292. The van der Waals surface area contributed by atoms with E-state index in [-0.39, 0.29) is 84.7 Å². The van der Waals surface area contributed by atoms with Crippen LogP contribution in [0.5, 0.6) is 0 Å². The number of benzene rings is 9. The van der Waals surface area contributed by atoms with Gasteiger partial charge in [0.05, 0.1) is 91.8 Å². The van der Waals surface area contributed by atoms with Crippen molar-refractivity contribution in [1.82, 2.24) is 0 Å². The summed E-state index contributed by atoms with van der Waals surface area (Å²) in [6.45, 7) is 5.49. The van der Waals surface area contributed by atoms with Crippen molar-refractivity contribution in [2.45, 2.75) is 185 Å². The molecule has 15 atom stereocenters. The molecule has 0 radical (unpaired) electrons. The number of phosphoric ester groups is 1. The highest BCUT2D eigenvalue weighted by atomic mass is 31.2. The zero-order valence-electron chi connectivity index (χ0n) is 63.3. The van der Waals surface area contributed by atoms with E-state index < -0.39 is 106 Å². The van der Waals surface area contributed by atoms with Crippen molar-refractivity contribution >= 4 is 30.3 Å². The molecule has 9 aromatic rings. The third-order valence-electron chi connectivity index (χ3n) is 19.2. The van der Waals surface area contributed by atoms with Crippen LogP contribution in [-0.2, 0) is 147 Å². The Balaban J connectivity index is 0.900. The van der Waals surface area contributed by atoms with E-state index in [2.05, 4.69) is 30.3 Å². The first-order valence-electron chi connectivity index (χ1n) is 37.8. The minimum Gasteiger partial charge on any atom is -0.457 e. The van der Waals surface area contributed by atoms with Gasteiger partial charge in [-0.15, -0.1) is 0 Å². The summed E-state index contributed by atoms with van der Waals surface area (Å²) in [5.41, 5.74) is 6.98. The quantitative estimate of drug-likeness (QED) is 0.0256. The second kappa shape index (κ2) is 44.3. The maximum atomic E-state index is 16.4. The number of rotatable bonds is 48. The lowest BCUT2D eigenvalue weighted by molar-refractivity contribution is -0.219. The standard InChI is InChI=1S/C89H103O20P/c1-6-75-84(108-81(91)50-47-64(3)90)86(93-4)88(106-75)102-62-79(98-55-67-35-19-10-20-36-67)83(101-58-70-41-25-13-26-42-70)80(99-56-68-37-21-11-22-38-68)63-105-110(92,104-59-71-43-27-14-28-44-71)109-85-76(7-2)107-89(87(85)94-5)103-61-78(97-54-66-33-17-9-18-34-66)82(100-57-69-39-23-12-24-40-69)77(96-53-65-31-15-8-16-32-65)60-95-52-72-48-49-73-45-29-30-46-74(73)51-72/h8-46,48-49,51,75-80,82-89H,6-7,47,50,52-63H2,1-5H3/t75-,76-,77?,78?,79?,80?,82?,83?,84?,85?,86+,87+,88-,89-,110?/m1/s1. The normalized spacial score (nSPS) is 20.7. The largest absolute Gasteiger partial charge is 0.475 e. The van der Waals surface area contributed by atoms with E-state index in [1.165, 1.54) is 21.1 Å². The number of ether oxygens (including phenoxy) is 14. The van der Waals surface area contributed by atoms with Crippen LogP contribution in [0.3, 0.4) is 0 Å². The Morgan fingerprint density at radius 3 is 1.15 bits per heavy atom. The highest BCUT2D eigenvalue weighted by Crippen LogP contribution is 2.54. The molecule has 0 aliphatic carbocycles. The molecule has 0 aromatic heterocycles. The molecule has 2 aliphatic heterocycles. The van der Waals surface area contributed by atoms with Crippen LogP contribution in [0, 0.1) is 0 Å². The van der Waals surface area contributed by atoms with Gasteiger partial charge in [0.1, 0.15) is 66.8 Å². The van der Waals surface area contributed by atoms with Crippen molar-refractivity contribution in [1.29, 1.82) is 0 Å². The van der Waals surface area contributed by atoms with Crippen molar-refractivity contribution in [3.05, 3.63) is 299 Å². The highest BCUT2D eigenvalue weighted by Gasteiger charge is 2.52. The van der Waals surface area contributed by atoms with Gasteiger partial charge in [0.15, 0.2) is 18.7 Å². The molecule has 0 spiro atoms. The topological polar surface area (TPSA) is 208 Å². The van der Waals surface area contributed by atoms with Crippen molar-refractivity contribution in [2.24, 2.45) is 0 Å². The first-order valence-corrected chi connectivity index (χ1v) is 39.3. The highest BCUT2D eigenvalue weighted by molar-refractivity contribution is 7.48. The van der Waals surface area contributed by atoms with Crippen molar-refractivity contribution < 1.29 is 94.0 Å². The Morgan fingerprint density at radius 1 is 0.373 bits per heavy atom. The fourth-order valence-corrected chi connectivity index (χ4v) is 14.6. The van der Waals surface area contributed by atoms with E-state index in [9.17, 15) is 9.59 Å². The number of esters is 1. The van der Waals surface area contributed by atoms with Crippen LogP contribution in [0.1, 0.15) is 91.0 Å². The van der Waals surface area contributed by atoms with Crippen LogP contribution < -0.4 is 0 Å². The monoisotopic (exact) mass is 1520 g/mol. The summed E-state index contributed by atoms with van der Waals surface area (Å²) in [5, 5.41) is 2.23. The van der Waals surface area contributed by atoms with Crippen LogP contribution in [0.25, 0.3) is 10.8 Å². The molecule has 20 nitrogen and oxygen atoms in total. The van der Waals surface area contributed by atoms with Gasteiger partial charge in [-0.05, 0) is 81.1 Å². The van der Waals surface area contributed by atoms with Crippen LogP contribution in [0.15, 0.2) is 255 Å². The molecule has 2 saturated heterocycles. The predicted molar refractivity (Wildman–Crippen MR) is 415 cm³/mol. The smallest absolute Gasteiger partial charge is 0.457 e. The number of hydrogen-bond donors (Lipinski definition) is 0. The van der Waals surface area contributed by atoms with E-state index in [0.29, 0.717) is 25.0 Å². The van der Waals surface area contributed by atoms with Crippen LogP contribution in [0.2, 0.25) is 0 Å². The Labute approximate surface area is 646 Å². The number of carbonyl (C=O) groups excluding carboxylic acids is 2. The Morgan fingerprint density at radius 2 is 0.736 bits per heavy atom. The average molecular weight is 1520 g/mol. The van der Waals surface area contributed by atoms with E-state index in [1.54, 1.807) is 0 Å². The summed E-state index contributed by atoms with van der Waals surface area (Å²) in [5.74, 6) is -0.703. The van der Waals surface area contributed by atoms with E-state index in [4.69, 9.17) is 79.9 Å². The summed E-state index contributed by atoms with van der Waals surface area (Å²) in [4.78, 5) is 25.1. The summed E-state index contributed by atoms with van der Waals surface area (Å²) in [6.07, 6.45) is -12.5.